The maximum atomic E-state index is 13.2. The molecule has 1 saturated heterocycles. The lowest BCUT2D eigenvalue weighted by Gasteiger charge is -2.22. The normalized spacial score (nSPS) is 19.4. The van der Waals surface area contributed by atoms with Crippen LogP contribution in [0.25, 0.3) is 11.4 Å². The molecule has 1 aliphatic heterocycles. The van der Waals surface area contributed by atoms with E-state index in [2.05, 4.69) is 20.8 Å². The van der Waals surface area contributed by atoms with Crippen LogP contribution in [0.15, 0.2) is 53.1 Å². The first-order valence-electron chi connectivity index (χ1n) is 11.1. The average Bonchev–Trinajstić information content (AvgIpc) is 3.49. The van der Waals surface area contributed by atoms with Crippen LogP contribution in [0.3, 0.4) is 0 Å². The lowest BCUT2D eigenvalue weighted by atomic mass is 9.92. The van der Waals surface area contributed by atoms with Crippen LogP contribution in [0.5, 0.6) is 0 Å². The zero-order valence-electron chi connectivity index (χ0n) is 19.2. The summed E-state index contributed by atoms with van der Waals surface area (Å²) in [5.41, 5.74) is 1.79. The van der Waals surface area contributed by atoms with Crippen LogP contribution in [0.2, 0.25) is 0 Å². The van der Waals surface area contributed by atoms with Crippen molar-refractivity contribution in [3.05, 3.63) is 65.5 Å². The van der Waals surface area contributed by atoms with Gasteiger partial charge in [-0.2, -0.15) is 4.98 Å². The number of amides is 4. The molecule has 2 heterocycles. The predicted octanol–water partition coefficient (Wildman–Crippen LogP) is 3.37. The average molecular weight is 460 g/mol. The molecule has 0 saturated carbocycles. The maximum absolute atomic E-state index is 13.2. The van der Waals surface area contributed by atoms with E-state index in [-0.39, 0.29) is 17.9 Å². The molecule has 2 aliphatic rings. The number of rotatable bonds is 4. The molecular formula is C25H25N5O4. The van der Waals surface area contributed by atoms with Gasteiger partial charge in [0, 0.05) is 16.7 Å². The van der Waals surface area contributed by atoms with Crippen LogP contribution in [-0.4, -0.2) is 39.4 Å². The maximum Gasteiger partial charge on any atom is 0.325 e. The molecule has 1 unspecified atom stereocenters. The van der Waals surface area contributed by atoms with E-state index in [1.807, 2.05) is 45.0 Å². The van der Waals surface area contributed by atoms with Gasteiger partial charge in [-0.15, -0.1) is 0 Å². The van der Waals surface area contributed by atoms with Crippen molar-refractivity contribution in [2.45, 2.75) is 44.6 Å². The third-order valence-electron chi connectivity index (χ3n) is 6.22. The minimum Gasteiger partial charge on any atom is -0.338 e. The number of urea groups is 1. The van der Waals surface area contributed by atoms with E-state index in [0.717, 1.165) is 21.6 Å². The Kier molecular flexibility index (Phi) is 5.00. The first-order valence-corrected chi connectivity index (χ1v) is 11.1. The fraction of sp³-hybridized carbons (Fsp3) is 0.320. The predicted molar refractivity (Wildman–Crippen MR) is 124 cm³/mol. The van der Waals surface area contributed by atoms with Gasteiger partial charge >= 0.3 is 6.03 Å². The number of hydrogen-bond acceptors (Lipinski definition) is 6. The molecule has 0 radical (unpaired) electrons. The van der Waals surface area contributed by atoms with E-state index in [1.54, 1.807) is 24.3 Å². The van der Waals surface area contributed by atoms with Gasteiger partial charge in [0.05, 0.1) is 0 Å². The summed E-state index contributed by atoms with van der Waals surface area (Å²) in [6, 6.07) is 14.0. The van der Waals surface area contributed by atoms with Crippen LogP contribution < -0.4 is 10.6 Å². The fourth-order valence-electron chi connectivity index (χ4n) is 4.43. The number of carbonyl (C=O) groups is 3. The molecule has 0 bridgehead atoms. The summed E-state index contributed by atoms with van der Waals surface area (Å²) in [6.45, 7) is 5.60. The second-order valence-electron chi connectivity index (χ2n) is 9.68. The Morgan fingerprint density at radius 3 is 2.59 bits per heavy atom. The van der Waals surface area contributed by atoms with E-state index in [0.29, 0.717) is 30.2 Å². The van der Waals surface area contributed by atoms with Gasteiger partial charge in [0.25, 0.3) is 5.91 Å². The van der Waals surface area contributed by atoms with E-state index in [9.17, 15) is 14.4 Å². The molecule has 1 spiro atoms. The Hall–Kier alpha value is -4.01. The fourth-order valence-corrected chi connectivity index (χ4v) is 4.43. The molecule has 9 nitrogen and oxygen atoms in total. The van der Waals surface area contributed by atoms with Crippen molar-refractivity contribution in [2.24, 2.45) is 0 Å². The highest BCUT2D eigenvalue weighted by Crippen LogP contribution is 2.41. The number of nitrogens with zero attached hydrogens (tertiary/aromatic N) is 3. The van der Waals surface area contributed by atoms with Gasteiger partial charge in [-0.25, -0.2) is 4.79 Å². The van der Waals surface area contributed by atoms with Gasteiger partial charge in [-0.1, -0.05) is 50.2 Å². The first-order chi connectivity index (χ1) is 16.2. The summed E-state index contributed by atoms with van der Waals surface area (Å²) in [5.74, 6) is 0.147. The van der Waals surface area contributed by atoms with Crippen LogP contribution in [0.1, 0.15) is 44.2 Å². The summed E-state index contributed by atoms with van der Waals surface area (Å²) < 4.78 is 5.33. The zero-order valence-corrected chi connectivity index (χ0v) is 19.2. The highest BCUT2D eigenvalue weighted by atomic mass is 16.5. The Bertz CT molecular complexity index is 1290. The zero-order chi connectivity index (χ0) is 24.1. The molecule has 5 rings (SSSR count). The van der Waals surface area contributed by atoms with Crippen molar-refractivity contribution >= 4 is 23.5 Å². The smallest absolute Gasteiger partial charge is 0.325 e. The molecule has 1 aromatic heterocycles. The summed E-state index contributed by atoms with van der Waals surface area (Å²) in [4.78, 5) is 43.9. The summed E-state index contributed by atoms with van der Waals surface area (Å²) in [6.07, 6.45) is 1.19. The number of aromatic nitrogens is 2. The topological polar surface area (TPSA) is 117 Å². The van der Waals surface area contributed by atoms with Gasteiger partial charge in [0.2, 0.25) is 17.6 Å². The number of anilines is 1. The molecule has 2 N–H and O–H groups in total. The largest absolute Gasteiger partial charge is 0.338 e. The van der Waals surface area contributed by atoms with Crippen molar-refractivity contribution in [3.63, 3.8) is 0 Å². The SMILES string of the molecule is CC(C)(C)c1nc(-c2ccc(NC(=O)CN3C(=O)NC4(CCc5ccccc54)C3=O)cc2)no1. The highest BCUT2D eigenvalue weighted by molar-refractivity contribution is 6.10. The molecule has 3 aromatic rings. The van der Waals surface area contributed by atoms with E-state index < -0.39 is 17.5 Å². The summed E-state index contributed by atoms with van der Waals surface area (Å²) in [5, 5.41) is 9.58. The Balaban J connectivity index is 1.26. The van der Waals surface area contributed by atoms with E-state index >= 15 is 0 Å². The molecule has 34 heavy (non-hydrogen) atoms. The number of imide groups is 1. The number of carbonyl (C=O) groups excluding carboxylic acids is 3. The lowest BCUT2D eigenvalue weighted by Crippen LogP contribution is -2.42. The van der Waals surface area contributed by atoms with Crippen LogP contribution in [0.4, 0.5) is 10.5 Å². The van der Waals surface area contributed by atoms with Crippen LogP contribution >= 0.6 is 0 Å². The third-order valence-corrected chi connectivity index (χ3v) is 6.22. The number of aryl methyl sites for hydroxylation is 1. The van der Waals surface area contributed by atoms with Crippen molar-refractivity contribution in [1.82, 2.24) is 20.4 Å². The summed E-state index contributed by atoms with van der Waals surface area (Å²) >= 11 is 0. The highest BCUT2D eigenvalue weighted by Gasteiger charge is 2.55. The third kappa shape index (κ3) is 3.63. The minimum absolute atomic E-state index is 0.252. The molecule has 174 valence electrons. The molecule has 9 heteroatoms. The monoisotopic (exact) mass is 459 g/mol. The van der Waals surface area contributed by atoms with Gasteiger partial charge < -0.3 is 15.2 Å². The quantitative estimate of drug-likeness (QED) is 0.578. The van der Waals surface area contributed by atoms with Crippen molar-refractivity contribution in [3.8, 4) is 11.4 Å². The molecule has 4 amide bonds. The minimum atomic E-state index is -1.08. The standard InChI is InChI=1S/C25H25N5O4/c1-24(2,3)21-27-20(29-34-21)16-8-10-17(11-9-16)26-19(31)14-30-22(32)25(28-23(30)33)13-12-15-6-4-5-7-18(15)25/h4-11H,12-14H2,1-3H3,(H,26,31)(H,28,33). The van der Waals surface area contributed by atoms with Crippen molar-refractivity contribution in [1.29, 1.82) is 0 Å². The number of nitrogens with one attached hydrogen (secondary N) is 2. The molecule has 1 aliphatic carbocycles. The number of hydrogen-bond donors (Lipinski definition) is 2. The molecule has 2 aromatic carbocycles. The van der Waals surface area contributed by atoms with Crippen LogP contribution in [0, 0.1) is 0 Å². The second-order valence-corrected chi connectivity index (χ2v) is 9.68. The Morgan fingerprint density at radius 2 is 1.88 bits per heavy atom. The van der Waals surface area contributed by atoms with Crippen LogP contribution in [-0.2, 0) is 27.0 Å². The van der Waals surface area contributed by atoms with E-state index in [1.165, 1.54) is 0 Å². The van der Waals surface area contributed by atoms with Crippen molar-refractivity contribution < 1.29 is 18.9 Å². The van der Waals surface area contributed by atoms with Gasteiger partial charge in [0.15, 0.2) is 0 Å². The summed E-state index contributed by atoms with van der Waals surface area (Å²) in [7, 11) is 0. The first kappa shape index (κ1) is 21.8. The number of benzene rings is 2. The second kappa shape index (κ2) is 7.79. The Morgan fingerprint density at radius 1 is 1.15 bits per heavy atom. The lowest BCUT2D eigenvalue weighted by molar-refractivity contribution is -0.134. The number of fused-ring (bicyclic) bond motifs is 2. The Labute approximate surface area is 196 Å². The molecule has 1 fully saturated rings. The molecular weight excluding hydrogens is 434 g/mol. The van der Waals surface area contributed by atoms with E-state index in [4.69, 9.17) is 4.52 Å². The van der Waals surface area contributed by atoms with Gasteiger partial charge in [-0.05, 0) is 48.2 Å². The van der Waals surface area contributed by atoms with Gasteiger partial charge in [0.1, 0.15) is 12.1 Å². The van der Waals surface area contributed by atoms with Gasteiger partial charge in [-0.3, -0.25) is 14.5 Å². The van der Waals surface area contributed by atoms with Crippen molar-refractivity contribution in [2.75, 3.05) is 11.9 Å². The molecule has 1 atom stereocenters.